The topological polar surface area (TPSA) is 32.3 Å². The molecule has 1 amide bonds. The van der Waals surface area contributed by atoms with Gasteiger partial charge in [-0.3, -0.25) is 10.1 Å². The third kappa shape index (κ3) is 3.56. The number of terminal acetylenes is 1. The minimum absolute atomic E-state index is 0.156. The summed E-state index contributed by atoms with van der Waals surface area (Å²) in [5.74, 6) is 2.77. The average Bonchev–Trinajstić information content (AvgIpc) is 3.00. The fourth-order valence-corrected chi connectivity index (χ4v) is 1.47. The predicted octanol–water partition coefficient (Wildman–Crippen LogP) is 0.999. The van der Waals surface area contributed by atoms with Crippen molar-refractivity contribution in [3.05, 3.63) is 0 Å². The maximum atomic E-state index is 11.8. The lowest BCUT2D eigenvalue weighted by Crippen LogP contribution is -2.46. The highest BCUT2D eigenvalue weighted by Crippen LogP contribution is 2.26. The molecule has 0 bridgehead atoms. The van der Waals surface area contributed by atoms with Gasteiger partial charge in [0.05, 0.1) is 12.1 Å². The lowest BCUT2D eigenvalue weighted by molar-refractivity contribution is -0.130. The quantitative estimate of drug-likeness (QED) is 0.684. The molecule has 3 heteroatoms. The lowest BCUT2D eigenvalue weighted by Gasteiger charge is -2.24. The number of amides is 1. The number of nitrogens with one attached hydrogen (secondary N) is 1. The molecule has 0 saturated heterocycles. The molecule has 0 atom stereocenters. The van der Waals surface area contributed by atoms with E-state index in [-0.39, 0.29) is 5.91 Å². The van der Waals surface area contributed by atoms with Crippen LogP contribution in [-0.2, 0) is 4.79 Å². The van der Waals surface area contributed by atoms with E-state index in [0.29, 0.717) is 12.6 Å². The van der Waals surface area contributed by atoms with Crippen LogP contribution in [0, 0.1) is 12.3 Å². The van der Waals surface area contributed by atoms with Crippen LogP contribution in [-0.4, -0.2) is 35.5 Å². The number of likely N-dealkylation sites (N-methyl/N-ethyl adjacent to an activating group) is 1. The van der Waals surface area contributed by atoms with E-state index < -0.39 is 5.54 Å². The first-order chi connectivity index (χ1) is 7.00. The molecule has 0 spiro atoms. The van der Waals surface area contributed by atoms with Gasteiger partial charge in [0.15, 0.2) is 0 Å². The Morgan fingerprint density at radius 3 is 2.60 bits per heavy atom. The smallest absolute Gasteiger partial charge is 0.236 e. The van der Waals surface area contributed by atoms with E-state index in [1.165, 1.54) is 0 Å². The van der Waals surface area contributed by atoms with Crippen molar-refractivity contribution in [3.8, 4) is 12.3 Å². The first kappa shape index (κ1) is 12.1. The van der Waals surface area contributed by atoms with Crippen LogP contribution < -0.4 is 5.32 Å². The lowest BCUT2D eigenvalue weighted by atomic mass is 10.1. The number of hydrogen-bond acceptors (Lipinski definition) is 2. The molecule has 84 valence electrons. The van der Waals surface area contributed by atoms with E-state index in [1.54, 1.807) is 0 Å². The molecular formula is C12H20N2O. The van der Waals surface area contributed by atoms with Crippen LogP contribution in [0.2, 0.25) is 0 Å². The van der Waals surface area contributed by atoms with E-state index >= 15 is 0 Å². The molecular weight excluding hydrogens is 188 g/mol. The highest BCUT2D eigenvalue weighted by atomic mass is 16.2. The van der Waals surface area contributed by atoms with Crippen molar-refractivity contribution in [2.45, 2.75) is 45.2 Å². The van der Waals surface area contributed by atoms with Gasteiger partial charge in [-0.25, -0.2) is 0 Å². The Bertz CT molecular complexity index is 274. The molecule has 1 N–H and O–H groups in total. The Balaban J connectivity index is 2.38. The fraction of sp³-hybridized carbons (Fsp3) is 0.750. The second kappa shape index (κ2) is 4.67. The molecule has 1 aliphatic rings. The van der Waals surface area contributed by atoms with Gasteiger partial charge in [-0.2, -0.15) is 0 Å². The summed E-state index contributed by atoms with van der Waals surface area (Å²) in [6.07, 6.45) is 7.64. The van der Waals surface area contributed by atoms with Gasteiger partial charge in [0, 0.05) is 12.6 Å². The number of nitrogens with zero attached hydrogens (tertiary/aromatic N) is 1. The predicted molar refractivity (Wildman–Crippen MR) is 61.3 cm³/mol. The fourth-order valence-electron chi connectivity index (χ4n) is 1.47. The van der Waals surface area contributed by atoms with Crippen molar-refractivity contribution >= 4 is 5.91 Å². The first-order valence-electron chi connectivity index (χ1n) is 5.52. The number of hydrogen-bond donors (Lipinski definition) is 1. The second-order valence-corrected chi connectivity index (χ2v) is 4.53. The van der Waals surface area contributed by atoms with Gasteiger partial charge in [-0.05, 0) is 33.6 Å². The molecule has 0 aliphatic heterocycles. The van der Waals surface area contributed by atoms with Crippen molar-refractivity contribution in [2.75, 3.05) is 13.1 Å². The van der Waals surface area contributed by atoms with Gasteiger partial charge < -0.3 is 4.90 Å². The van der Waals surface area contributed by atoms with Crippen LogP contribution in [0.25, 0.3) is 0 Å². The molecule has 3 nitrogen and oxygen atoms in total. The normalized spacial score (nSPS) is 15.9. The Labute approximate surface area is 92.2 Å². The van der Waals surface area contributed by atoms with Gasteiger partial charge in [-0.15, -0.1) is 6.42 Å². The third-order valence-electron chi connectivity index (χ3n) is 2.69. The zero-order valence-electron chi connectivity index (χ0n) is 9.84. The summed E-state index contributed by atoms with van der Waals surface area (Å²) in [6, 6.07) is 0.484. The SMILES string of the molecule is C#CC(C)(C)NCC(=O)N(CC)C1CC1. The summed E-state index contributed by atoms with van der Waals surface area (Å²) < 4.78 is 0. The van der Waals surface area contributed by atoms with Crippen LogP contribution >= 0.6 is 0 Å². The first-order valence-corrected chi connectivity index (χ1v) is 5.52. The van der Waals surface area contributed by atoms with Crippen LogP contribution in [0.15, 0.2) is 0 Å². The van der Waals surface area contributed by atoms with Crippen molar-refractivity contribution in [1.29, 1.82) is 0 Å². The second-order valence-electron chi connectivity index (χ2n) is 4.53. The van der Waals surface area contributed by atoms with Gasteiger partial charge in [0.25, 0.3) is 0 Å². The Morgan fingerprint density at radius 2 is 2.20 bits per heavy atom. The number of rotatable bonds is 5. The summed E-state index contributed by atoms with van der Waals surface area (Å²) in [6.45, 7) is 6.94. The summed E-state index contributed by atoms with van der Waals surface area (Å²) >= 11 is 0. The summed E-state index contributed by atoms with van der Waals surface area (Å²) in [5, 5.41) is 3.08. The number of carbonyl (C=O) groups excluding carboxylic acids is 1. The average molecular weight is 208 g/mol. The molecule has 1 rings (SSSR count). The third-order valence-corrected chi connectivity index (χ3v) is 2.69. The minimum atomic E-state index is -0.404. The molecule has 1 aliphatic carbocycles. The molecule has 0 aromatic heterocycles. The summed E-state index contributed by atoms with van der Waals surface area (Å²) in [4.78, 5) is 13.7. The van der Waals surface area contributed by atoms with Crippen molar-refractivity contribution < 1.29 is 4.79 Å². The molecule has 1 fully saturated rings. The Hall–Kier alpha value is -1.01. The van der Waals surface area contributed by atoms with Gasteiger partial charge in [-0.1, -0.05) is 5.92 Å². The van der Waals surface area contributed by atoms with Crippen molar-refractivity contribution in [2.24, 2.45) is 0 Å². The number of carbonyl (C=O) groups is 1. The van der Waals surface area contributed by atoms with Crippen molar-refractivity contribution in [1.82, 2.24) is 10.2 Å². The van der Waals surface area contributed by atoms with Gasteiger partial charge >= 0.3 is 0 Å². The molecule has 1 saturated carbocycles. The zero-order chi connectivity index (χ0) is 11.5. The highest BCUT2D eigenvalue weighted by molar-refractivity contribution is 5.79. The highest BCUT2D eigenvalue weighted by Gasteiger charge is 2.31. The summed E-state index contributed by atoms with van der Waals surface area (Å²) in [7, 11) is 0. The molecule has 0 aromatic carbocycles. The van der Waals surface area contributed by atoms with Crippen LogP contribution in [0.3, 0.4) is 0 Å². The van der Waals surface area contributed by atoms with E-state index in [4.69, 9.17) is 6.42 Å². The van der Waals surface area contributed by atoms with Crippen LogP contribution in [0.1, 0.15) is 33.6 Å². The maximum absolute atomic E-state index is 11.8. The maximum Gasteiger partial charge on any atom is 0.236 e. The molecule has 0 unspecified atom stereocenters. The van der Waals surface area contributed by atoms with Crippen LogP contribution in [0.4, 0.5) is 0 Å². The van der Waals surface area contributed by atoms with E-state index in [9.17, 15) is 4.79 Å². The monoisotopic (exact) mass is 208 g/mol. The molecule has 0 aromatic rings. The largest absolute Gasteiger partial charge is 0.339 e. The van der Waals surface area contributed by atoms with Gasteiger partial charge in [0.2, 0.25) is 5.91 Å². The molecule has 15 heavy (non-hydrogen) atoms. The Kier molecular flexibility index (Phi) is 3.76. The minimum Gasteiger partial charge on any atom is -0.339 e. The van der Waals surface area contributed by atoms with E-state index in [1.807, 2.05) is 25.7 Å². The van der Waals surface area contributed by atoms with Gasteiger partial charge in [0.1, 0.15) is 0 Å². The molecule has 0 heterocycles. The standard InChI is InChI=1S/C12H20N2O/c1-5-12(3,4)13-9-11(15)14(6-2)10-7-8-10/h1,10,13H,6-9H2,2-4H3. The van der Waals surface area contributed by atoms with Crippen LogP contribution in [0.5, 0.6) is 0 Å². The van der Waals surface area contributed by atoms with Crippen molar-refractivity contribution in [3.63, 3.8) is 0 Å². The zero-order valence-corrected chi connectivity index (χ0v) is 9.84. The summed E-state index contributed by atoms with van der Waals surface area (Å²) in [5.41, 5.74) is -0.404. The Morgan fingerprint density at radius 1 is 1.60 bits per heavy atom. The van der Waals surface area contributed by atoms with E-state index in [0.717, 1.165) is 19.4 Å². The molecule has 0 radical (unpaired) electrons. The van der Waals surface area contributed by atoms with E-state index in [2.05, 4.69) is 11.2 Å².